The molecule has 0 heterocycles. The quantitative estimate of drug-likeness (QED) is 0.843. The van der Waals surface area contributed by atoms with E-state index in [1.807, 2.05) is 61.5 Å². The number of carbonyl (C=O) groups excluding carboxylic acids is 2. The van der Waals surface area contributed by atoms with Crippen LogP contribution in [0.15, 0.2) is 59.1 Å². The summed E-state index contributed by atoms with van der Waals surface area (Å²) >= 11 is 3.41. The van der Waals surface area contributed by atoms with Gasteiger partial charge in [0.15, 0.2) is 0 Å². The van der Waals surface area contributed by atoms with Gasteiger partial charge in [-0.25, -0.2) is 0 Å². The number of benzene rings is 2. The van der Waals surface area contributed by atoms with E-state index in [-0.39, 0.29) is 24.8 Å². The largest absolute Gasteiger partial charge is 0.347 e. The predicted octanol–water partition coefficient (Wildman–Crippen LogP) is 3.16. The van der Waals surface area contributed by atoms with E-state index in [2.05, 4.69) is 21.2 Å². The minimum atomic E-state index is -0.172. The summed E-state index contributed by atoms with van der Waals surface area (Å²) in [6, 6.07) is 17.0. The number of rotatable bonds is 6. The summed E-state index contributed by atoms with van der Waals surface area (Å²) in [5.74, 6) is -0.298. The summed E-state index contributed by atoms with van der Waals surface area (Å²) in [6.07, 6.45) is 0.242. The van der Waals surface area contributed by atoms with Crippen LogP contribution in [-0.4, -0.2) is 24.9 Å². The maximum atomic E-state index is 12.3. The summed E-state index contributed by atoms with van der Waals surface area (Å²) in [5.41, 5.74) is 1.73. The van der Waals surface area contributed by atoms with Crippen molar-refractivity contribution in [2.24, 2.45) is 0 Å². The second kappa shape index (κ2) is 8.48. The fourth-order valence-corrected chi connectivity index (χ4v) is 2.68. The summed E-state index contributed by atoms with van der Waals surface area (Å²) in [5, 5.41) is 2.69. The molecule has 120 valence electrons. The van der Waals surface area contributed by atoms with Crippen LogP contribution in [0.4, 0.5) is 5.69 Å². The number of nitrogens with one attached hydrogen (secondary N) is 1. The molecule has 0 aromatic heterocycles. The van der Waals surface area contributed by atoms with Crippen LogP contribution < -0.4 is 10.2 Å². The van der Waals surface area contributed by atoms with Gasteiger partial charge in [-0.3, -0.25) is 9.59 Å². The van der Waals surface area contributed by atoms with Crippen LogP contribution in [0.3, 0.4) is 0 Å². The average molecular weight is 375 g/mol. The molecule has 0 bridgehead atoms. The Hall–Kier alpha value is -2.14. The highest BCUT2D eigenvalue weighted by atomic mass is 79.9. The summed E-state index contributed by atoms with van der Waals surface area (Å²) in [4.78, 5) is 26.0. The molecule has 2 aromatic rings. The second-order valence-corrected chi connectivity index (χ2v) is 5.87. The number of carbonyl (C=O) groups is 2. The lowest BCUT2D eigenvalue weighted by molar-refractivity contribution is -0.124. The van der Waals surface area contributed by atoms with Crippen molar-refractivity contribution < 1.29 is 9.59 Å². The number of nitrogens with zero attached hydrogens (tertiary/aromatic N) is 1. The molecule has 0 aliphatic heterocycles. The SMILES string of the molecule is CCN(C(=O)CNC(=O)Cc1ccccc1Br)c1ccccc1. The Bertz CT molecular complexity index is 674. The lowest BCUT2D eigenvalue weighted by atomic mass is 10.1. The van der Waals surface area contributed by atoms with Crippen LogP contribution in [0.2, 0.25) is 0 Å². The molecule has 2 rings (SSSR count). The van der Waals surface area contributed by atoms with E-state index in [9.17, 15) is 9.59 Å². The number of amides is 2. The van der Waals surface area contributed by atoms with Crippen molar-refractivity contribution in [1.82, 2.24) is 5.32 Å². The minimum Gasteiger partial charge on any atom is -0.347 e. The molecule has 0 atom stereocenters. The fourth-order valence-electron chi connectivity index (χ4n) is 2.26. The fraction of sp³-hybridized carbons (Fsp3) is 0.222. The van der Waals surface area contributed by atoms with Crippen LogP contribution in [0.5, 0.6) is 0 Å². The van der Waals surface area contributed by atoms with Gasteiger partial charge in [0, 0.05) is 16.7 Å². The molecule has 4 nitrogen and oxygen atoms in total. The normalized spacial score (nSPS) is 10.2. The Labute approximate surface area is 144 Å². The van der Waals surface area contributed by atoms with E-state index < -0.39 is 0 Å². The average Bonchev–Trinajstić information content (AvgIpc) is 2.57. The second-order valence-electron chi connectivity index (χ2n) is 5.02. The smallest absolute Gasteiger partial charge is 0.246 e. The summed E-state index contributed by atoms with van der Waals surface area (Å²) < 4.78 is 0.890. The van der Waals surface area contributed by atoms with Crippen molar-refractivity contribution in [3.05, 3.63) is 64.6 Å². The predicted molar refractivity (Wildman–Crippen MR) is 95.3 cm³/mol. The first-order valence-corrected chi connectivity index (χ1v) is 8.26. The van der Waals surface area contributed by atoms with E-state index in [0.29, 0.717) is 6.54 Å². The van der Waals surface area contributed by atoms with Crippen molar-refractivity contribution >= 4 is 33.4 Å². The third-order valence-electron chi connectivity index (χ3n) is 3.43. The van der Waals surface area contributed by atoms with E-state index in [1.165, 1.54) is 0 Å². The molecule has 0 saturated carbocycles. The van der Waals surface area contributed by atoms with Gasteiger partial charge in [-0.05, 0) is 30.7 Å². The Morgan fingerprint density at radius 2 is 1.70 bits per heavy atom. The molecule has 0 aliphatic carbocycles. The van der Waals surface area contributed by atoms with Gasteiger partial charge in [0.05, 0.1) is 13.0 Å². The highest BCUT2D eigenvalue weighted by Gasteiger charge is 2.15. The number of anilines is 1. The van der Waals surface area contributed by atoms with Crippen molar-refractivity contribution in [3.63, 3.8) is 0 Å². The maximum Gasteiger partial charge on any atom is 0.246 e. The summed E-state index contributed by atoms with van der Waals surface area (Å²) in [6.45, 7) is 2.46. The zero-order valence-corrected chi connectivity index (χ0v) is 14.5. The number of halogens is 1. The lowest BCUT2D eigenvalue weighted by Crippen LogP contribution is -2.40. The first-order valence-electron chi connectivity index (χ1n) is 7.47. The maximum absolute atomic E-state index is 12.3. The molecular weight excluding hydrogens is 356 g/mol. The molecule has 0 unspecified atom stereocenters. The van der Waals surface area contributed by atoms with Crippen molar-refractivity contribution in [1.29, 1.82) is 0 Å². The van der Waals surface area contributed by atoms with Gasteiger partial charge < -0.3 is 10.2 Å². The van der Waals surface area contributed by atoms with Gasteiger partial charge in [-0.2, -0.15) is 0 Å². The molecule has 0 spiro atoms. The highest BCUT2D eigenvalue weighted by molar-refractivity contribution is 9.10. The van der Waals surface area contributed by atoms with Gasteiger partial charge >= 0.3 is 0 Å². The Balaban J connectivity index is 1.90. The van der Waals surface area contributed by atoms with E-state index >= 15 is 0 Å². The molecule has 2 amide bonds. The molecule has 23 heavy (non-hydrogen) atoms. The monoisotopic (exact) mass is 374 g/mol. The Kier molecular flexibility index (Phi) is 6.35. The number of para-hydroxylation sites is 1. The van der Waals surface area contributed by atoms with Crippen molar-refractivity contribution in [2.75, 3.05) is 18.0 Å². The van der Waals surface area contributed by atoms with Gasteiger partial charge in [-0.15, -0.1) is 0 Å². The Morgan fingerprint density at radius 1 is 1.04 bits per heavy atom. The zero-order valence-electron chi connectivity index (χ0n) is 13.0. The molecule has 2 aromatic carbocycles. The van der Waals surface area contributed by atoms with Gasteiger partial charge in [-0.1, -0.05) is 52.3 Å². The third-order valence-corrected chi connectivity index (χ3v) is 4.20. The van der Waals surface area contributed by atoms with Crippen LogP contribution in [-0.2, 0) is 16.0 Å². The van der Waals surface area contributed by atoms with Crippen molar-refractivity contribution in [3.8, 4) is 0 Å². The van der Waals surface area contributed by atoms with E-state index in [1.54, 1.807) is 4.90 Å². The first kappa shape index (κ1) is 17.2. The van der Waals surface area contributed by atoms with Gasteiger partial charge in [0.25, 0.3) is 0 Å². The number of likely N-dealkylation sites (N-methyl/N-ethyl adjacent to an activating group) is 1. The Morgan fingerprint density at radius 3 is 2.35 bits per heavy atom. The molecule has 0 aliphatic rings. The van der Waals surface area contributed by atoms with Crippen LogP contribution in [0.25, 0.3) is 0 Å². The molecule has 0 radical (unpaired) electrons. The lowest BCUT2D eigenvalue weighted by Gasteiger charge is -2.21. The zero-order chi connectivity index (χ0) is 16.7. The molecule has 1 N–H and O–H groups in total. The van der Waals surface area contributed by atoms with Gasteiger partial charge in [0.1, 0.15) is 0 Å². The number of hydrogen-bond acceptors (Lipinski definition) is 2. The molecule has 5 heteroatoms. The van der Waals surface area contributed by atoms with Crippen LogP contribution >= 0.6 is 15.9 Å². The minimum absolute atomic E-state index is 0.00792. The third kappa shape index (κ3) is 4.93. The van der Waals surface area contributed by atoms with E-state index in [0.717, 1.165) is 15.7 Å². The van der Waals surface area contributed by atoms with Crippen molar-refractivity contribution in [2.45, 2.75) is 13.3 Å². The first-order chi connectivity index (χ1) is 11.1. The highest BCUT2D eigenvalue weighted by Crippen LogP contribution is 2.16. The topological polar surface area (TPSA) is 49.4 Å². The molecular formula is C18H19BrN2O2. The molecule has 0 saturated heterocycles. The number of hydrogen-bond donors (Lipinski definition) is 1. The summed E-state index contributed by atoms with van der Waals surface area (Å²) in [7, 11) is 0. The van der Waals surface area contributed by atoms with E-state index in [4.69, 9.17) is 0 Å². The molecule has 0 fully saturated rings. The van der Waals surface area contributed by atoms with Crippen LogP contribution in [0.1, 0.15) is 12.5 Å². The van der Waals surface area contributed by atoms with Crippen LogP contribution in [0, 0.1) is 0 Å². The van der Waals surface area contributed by atoms with Gasteiger partial charge in [0.2, 0.25) is 11.8 Å². The standard InChI is InChI=1S/C18H19BrN2O2/c1-2-21(15-9-4-3-5-10-15)18(23)13-20-17(22)12-14-8-6-7-11-16(14)19/h3-11H,2,12-13H2,1H3,(H,20,22).